The largest absolute Gasteiger partial charge is 0.416 e. The predicted octanol–water partition coefficient (Wildman–Crippen LogP) is 3.22. The van der Waals surface area contributed by atoms with Gasteiger partial charge >= 0.3 is 12.4 Å². The molecule has 0 heterocycles. The zero-order valence-electron chi connectivity index (χ0n) is 7.65. The van der Waals surface area contributed by atoms with Gasteiger partial charge in [0, 0.05) is 0 Å². The van der Waals surface area contributed by atoms with Crippen LogP contribution < -0.4 is 0 Å². The Morgan fingerprint density at radius 3 is 1.44 bits per heavy atom. The van der Waals surface area contributed by atoms with Crippen LogP contribution in [-0.2, 0) is 19.0 Å². The predicted molar refractivity (Wildman–Crippen MR) is 42.4 cm³/mol. The molecule has 0 radical (unpaired) electrons. The van der Waals surface area contributed by atoms with Gasteiger partial charge in [-0.2, -0.15) is 26.3 Å². The van der Waals surface area contributed by atoms with Crippen LogP contribution in [0.4, 0.5) is 26.3 Å². The van der Waals surface area contributed by atoms with Gasteiger partial charge in [0.15, 0.2) is 0 Å². The van der Waals surface area contributed by atoms with Crippen molar-refractivity contribution >= 4 is 0 Å². The van der Waals surface area contributed by atoms with E-state index in [0.29, 0.717) is 12.1 Å². The normalized spacial score (nSPS) is 12.9. The first-order chi connectivity index (χ1) is 7.14. The number of alkyl halides is 6. The second kappa shape index (κ2) is 3.97. The average Bonchev–Trinajstić information content (AvgIpc) is 2.14. The summed E-state index contributed by atoms with van der Waals surface area (Å²) in [7, 11) is 0. The van der Waals surface area contributed by atoms with Crippen LogP contribution in [0.25, 0.3) is 0 Å². The lowest BCUT2D eigenvalue weighted by Crippen LogP contribution is -2.11. The Labute approximate surface area is 86.3 Å². The third-order valence-corrected chi connectivity index (χ3v) is 1.83. The Morgan fingerprint density at radius 1 is 0.812 bits per heavy atom. The van der Waals surface area contributed by atoms with Crippen LogP contribution in [-0.4, -0.2) is 5.11 Å². The first-order valence-electron chi connectivity index (χ1n) is 4.04. The smallest absolute Gasteiger partial charge is 0.392 e. The molecule has 0 spiro atoms. The number of rotatable bonds is 1. The van der Waals surface area contributed by atoms with Crippen molar-refractivity contribution in [3.8, 4) is 0 Å². The molecule has 0 saturated heterocycles. The Balaban J connectivity index is 3.33. The molecule has 1 rings (SSSR count). The molecule has 0 amide bonds. The van der Waals surface area contributed by atoms with Crippen molar-refractivity contribution in [2.45, 2.75) is 19.0 Å². The summed E-state index contributed by atoms with van der Waals surface area (Å²) in [6.45, 7) is -0.882. The first kappa shape index (κ1) is 12.8. The molecule has 7 heteroatoms. The summed E-state index contributed by atoms with van der Waals surface area (Å²) in [5.41, 5.74) is -3.28. The quantitative estimate of drug-likeness (QED) is 0.752. The monoisotopic (exact) mass is 244 g/mol. The molecule has 1 nitrogen and oxygen atoms in total. The fourth-order valence-electron chi connectivity index (χ4n) is 1.11. The summed E-state index contributed by atoms with van der Waals surface area (Å²) in [4.78, 5) is 0. The fourth-order valence-corrected chi connectivity index (χ4v) is 1.11. The molecule has 0 bridgehead atoms. The Morgan fingerprint density at radius 2 is 1.19 bits per heavy atom. The molecule has 0 aromatic heterocycles. The Bertz CT molecular complexity index is 346. The summed E-state index contributed by atoms with van der Waals surface area (Å²) in [6, 6.07) is 0.976. The van der Waals surface area contributed by atoms with Gasteiger partial charge in [0.1, 0.15) is 0 Å². The highest BCUT2D eigenvalue weighted by Crippen LogP contribution is 2.36. The second-order valence-electron chi connectivity index (χ2n) is 3.07. The third kappa shape index (κ3) is 2.88. The summed E-state index contributed by atoms with van der Waals surface area (Å²) < 4.78 is 73.3. The van der Waals surface area contributed by atoms with E-state index in [1.54, 1.807) is 0 Å². The van der Waals surface area contributed by atoms with Crippen LogP contribution in [0, 0.1) is 0 Å². The van der Waals surface area contributed by atoms with Gasteiger partial charge in [-0.3, -0.25) is 0 Å². The molecule has 90 valence electrons. The van der Waals surface area contributed by atoms with E-state index < -0.39 is 35.6 Å². The first-order valence-corrected chi connectivity index (χ1v) is 4.04. The lowest BCUT2D eigenvalue weighted by Gasteiger charge is -2.13. The van der Waals surface area contributed by atoms with Crippen molar-refractivity contribution in [2.24, 2.45) is 0 Å². The van der Waals surface area contributed by atoms with Crippen LogP contribution >= 0.6 is 0 Å². The topological polar surface area (TPSA) is 20.2 Å². The standard InChI is InChI=1S/C9H6F6O/c10-8(11,12)6-1-5(4-16)2-7(3-6)9(13,14)15/h1-3,16H,4H2. The number of hydrogen-bond acceptors (Lipinski definition) is 1. The summed E-state index contributed by atoms with van der Waals surface area (Å²) in [6.07, 6.45) is -9.74. The number of hydrogen-bond donors (Lipinski definition) is 1. The third-order valence-electron chi connectivity index (χ3n) is 1.83. The van der Waals surface area contributed by atoms with Crippen molar-refractivity contribution < 1.29 is 31.4 Å². The van der Waals surface area contributed by atoms with E-state index in [0.717, 1.165) is 0 Å². The number of halogens is 6. The average molecular weight is 244 g/mol. The molecule has 1 N–H and O–H groups in total. The van der Waals surface area contributed by atoms with Crippen LogP contribution in [0.1, 0.15) is 16.7 Å². The maximum absolute atomic E-state index is 12.2. The van der Waals surface area contributed by atoms with Crippen LogP contribution in [0.3, 0.4) is 0 Å². The van der Waals surface area contributed by atoms with E-state index >= 15 is 0 Å². The molecular weight excluding hydrogens is 238 g/mol. The zero-order chi connectivity index (χ0) is 12.6. The number of aliphatic hydroxyl groups excluding tert-OH is 1. The lowest BCUT2D eigenvalue weighted by molar-refractivity contribution is -0.143. The lowest BCUT2D eigenvalue weighted by atomic mass is 10.1. The van der Waals surface area contributed by atoms with Gasteiger partial charge in [-0.15, -0.1) is 0 Å². The molecule has 0 saturated carbocycles. The molecule has 0 aliphatic carbocycles. The highest BCUT2D eigenvalue weighted by molar-refractivity contribution is 5.33. The molecular formula is C9H6F6O. The molecule has 0 aliphatic rings. The molecule has 0 atom stereocenters. The second-order valence-corrected chi connectivity index (χ2v) is 3.07. The van der Waals surface area contributed by atoms with E-state index in [4.69, 9.17) is 5.11 Å². The fraction of sp³-hybridized carbons (Fsp3) is 0.333. The van der Waals surface area contributed by atoms with Gasteiger partial charge in [-0.25, -0.2) is 0 Å². The summed E-state index contributed by atoms with van der Waals surface area (Å²) in [5.74, 6) is 0. The van der Waals surface area contributed by atoms with Gasteiger partial charge < -0.3 is 5.11 Å². The number of benzene rings is 1. The van der Waals surface area contributed by atoms with E-state index in [-0.39, 0.29) is 6.07 Å². The highest BCUT2D eigenvalue weighted by atomic mass is 19.4. The van der Waals surface area contributed by atoms with E-state index in [2.05, 4.69) is 0 Å². The molecule has 16 heavy (non-hydrogen) atoms. The van der Waals surface area contributed by atoms with Crippen molar-refractivity contribution in [3.05, 3.63) is 34.9 Å². The summed E-state index contributed by atoms with van der Waals surface area (Å²) in [5, 5.41) is 8.58. The molecule has 0 unspecified atom stereocenters. The molecule has 1 aromatic carbocycles. The van der Waals surface area contributed by atoms with Crippen LogP contribution in [0.15, 0.2) is 18.2 Å². The van der Waals surface area contributed by atoms with Gasteiger partial charge in [-0.05, 0) is 23.8 Å². The highest BCUT2D eigenvalue weighted by Gasteiger charge is 2.36. The summed E-state index contributed by atoms with van der Waals surface area (Å²) >= 11 is 0. The molecule has 1 aromatic rings. The van der Waals surface area contributed by atoms with E-state index in [1.807, 2.05) is 0 Å². The zero-order valence-corrected chi connectivity index (χ0v) is 7.65. The SMILES string of the molecule is OCc1cc(C(F)(F)F)cc(C(F)(F)F)c1. The molecule has 0 fully saturated rings. The minimum absolute atomic E-state index is 0.0131. The maximum Gasteiger partial charge on any atom is 0.416 e. The Hall–Kier alpha value is -1.24. The van der Waals surface area contributed by atoms with Crippen molar-refractivity contribution in [3.63, 3.8) is 0 Å². The minimum Gasteiger partial charge on any atom is -0.392 e. The minimum atomic E-state index is -4.87. The van der Waals surface area contributed by atoms with Crippen molar-refractivity contribution in [2.75, 3.05) is 0 Å². The van der Waals surface area contributed by atoms with Crippen molar-refractivity contribution in [1.29, 1.82) is 0 Å². The van der Waals surface area contributed by atoms with Crippen LogP contribution in [0.2, 0.25) is 0 Å². The van der Waals surface area contributed by atoms with Crippen molar-refractivity contribution in [1.82, 2.24) is 0 Å². The van der Waals surface area contributed by atoms with E-state index in [1.165, 1.54) is 0 Å². The van der Waals surface area contributed by atoms with E-state index in [9.17, 15) is 26.3 Å². The van der Waals surface area contributed by atoms with Crippen LogP contribution in [0.5, 0.6) is 0 Å². The maximum atomic E-state index is 12.2. The molecule has 0 aliphatic heterocycles. The van der Waals surface area contributed by atoms with Gasteiger partial charge in [0.05, 0.1) is 17.7 Å². The van der Waals surface area contributed by atoms with Gasteiger partial charge in [0.2, 0.25) is 0 Å². The van der Waals surface area contributed by atoms with Gasteiger partial charge in [0.25, 0.3) is 0 Å². The van der Waals surface area contributed by atoms with Gasteiger partial charge in [-0.1, -0.05) is 0 Å². The number of aliphatic hydroxyl groups is 1. The Kier molecular flexibility index (Phi) is 3.18.